The molecule has 3 nitrogen and oxygen atoms in total. The van der Waals surface area contributed by atoms with Gasteiger partial charge in [0.1, 0.15) is 12.1 Å². The van der Waals surface area contributed by atoms with Gasteiger partial charge in [0.05, 0.1) is 22.8 Å². The van der Waals surface area contributed by atoms with E-state index in [0.717, 1.165) is 12.0 Å². The van der Waals surface area contributed by atoms with Gasteiger partial charge in [-0.25, -0.2) is 0 Å². The van der Waals surface area contributed by atoms with Crippen LogP contribution in [0.4, 0.5) is 0 Å². The van der Waals surface area contributed by atoms with Crippen molar-refractivity contribution in [1.29, 1.82) is 15.8 Å². The Kier molecular flexibility index (Phi) is 2.59. The molecule has 0 aromatic heterocycles. The first kappa shape index (κ1) is 10.2. The van der Waals surface area contributed by atoms with Crippen LogP contribution < -0.4 is 0 Å². The first-order chi connectivity index (χ1) is 7.78. The Morgan fingerprint density at radius 2 is 1.50 bits per heavy atom. The van der Waals surface area contributed by atoms with E-state index in [1.54, 1.807) is 6.07 Å². The highest BCUT2D eigenvalue weighted by Gasteiger charge is 2.23. The van der Waals surface area contributed by atoms with Crippen LogP contribution in [0.3, 0.4) is 0 Å². The van der Waals surface area contributed by atoms with Crippen LogP contribution in [-0.4, -0.2) is 0 Å². The van der Waals surface area contributed by atoms with E-state index < -0.39 is 0 Å². The lowest BCUT2D eigenvalue weighted by Gasteiger charge is -2.04. The summed E-state index contributed by atoms with van der Waals surface area (Å²) < 4.78 is 0. The number of nitrogens with zero attached hydrogens (tertiary/aromatic N) is 3. The molecule has 1 fully saturated rings. The van der Waals surface area contributed by atoms with E-state index in [9.17, 15) is 0 Å². The van der Waals surface area contributed by atoms with Gasteiger partial charge < -0.3 is 0 Å². The molecule has 76 valence electrons. The fourth-order valence-corrected chi connectivity index (χ4v) is 1.74. The third kappa shape index (κ3) is 1.88. The molecule has 0 bridgehead atoms. The number of benzene rings is 1. The quantitative estimate of drug-likeness (QED) is 0.746. The summed E-state index contributed by atoms with van der Waals surface area (Å²) in [6.07, 6.45) is 3.25. The largest absolute Gasteiger partial charge is 0.192 e. The zero-order valence-corrected chi connectivity index (χ0v) is 8.70. The van der Waals surface area contributed by atoms with Crippen molar-refractivity contribution >= 4 is 0 Å². The predicted octanol–water partition coefficient (Wildman–Crippen LogP) is 2.25. The van der Waals surface area contributed by atoms with Gasteiger partial charge in [-0.05, 0) is 42.9 Å². The Hall–Kier alpha value is -2.31. The Labute approximate surface area is 94.2 Å². The van der Waals surface area contributed by atoms with Gasteiger partial charge >= 0.3 is 0 Å². The van der Waals surface area contributed by atoms with Gasteiger partial charge in [-0.15, -0.1) is 0 Å². The molecule has 0 N–H and O–H groups in total. The van der Waals surface area contributed by atoms with Crippen molar-refractivity contribution in [2.75, 3.05) is 0 Å². The highest BCUT2D eigenvalue weighted by atomic mass is 14.3. The van der Waals surface area contributed by atoms with E-state index in [2.05, 4.69) is 6.07 Å². The molecule has 0 heterocycles. The zero-order valence-electron chi connectivity index (χ0n) is 8.70. The van der Waals surface area contributed by atoms with Crippen LogP contribution in [0.25, 0.3) is 0 Å². The lowest BCUT2D eigenvalue weighted by Crippen LogP contribution is -1.96. The monoisotopic (exact) mass is 207 g/mol. The molecule has 0 amide bonds. The van der Waals surface area contributed by atoms with Crippen molar-refractivity contribution in [1.82, 2.24) is 0 Å². The maximum absolute atomic E-state index is 8.99. The molecule has 1 aliphatic carbocycles. The van der Waals surface area contributed by atoms with E-state index in [4.69, 9.17) is 15.8 Å². The standard InChI is InChI=1S/C13H9N3/c14-6-11-5-13(8-16)12(7-15)4-10(11)3-9-1-2-9/h4-5,9H,1-3H2. The van der Waals surface area contributed by atoms with Crippen LogP contribution in [0.15, 0.2) is 12.1 Å². The van der Waals surface area contributed by atoms with Gasteiger partial charge in [0.2, 0.25) is 0 Å². The highest BCUT2D eigenvalue weighted by Crippen LogP contribution is 2.34. The van der Waals surface area contributed by atoms with Crippen LogP contribution >= 0.6 is 0 Å². The first-order valence-electron chi connectivity index (χ1n) is 5.15. The summed E-state index contributed by atoms with van der Waals surface area (Å²) in [6.45, 7) is 0. The molecule has 0 radical (unpaired) electrons. The van der Waals surface area contributed by atoms with Gasteiger partial charge in [0.25, 0.3) is 0 Å². The number of nitriles is 3. The molecular formula is C13H9N3. The van der Waals surface area contributed by atoms with Crippen LogP contribution in [-0.2, 0) is 6.42 Å². The van der Waals surface area contributed by atoms with Gasteiger partial charge in [-0.1, -0.05) is 0 Å². The third-order valence-corrected chi connectivity index (χ3v) is 2.81. The van der Waals surface area contributed by atoms with Gasteiger partial charge in [0.15, 0.2) is 0 Å². The fraction of sp³-hybridized carbons (Fsp3) is 0.308. The maximum atomic E-state index is 8.99. The molecule has 1 aromatic carbocycles. The van der Waals surface area contributed by atoms with Crippen molar-refractivity contribution in [3.05, 3.63) is 34.4 Å². The normalized spacial score (nSPS) is 13.6. The Balaban J connectivity index is 2.47. The van der Waals surface area contributed by atoms with E-state index in [1.165, 1.54) is 18.9 Å². The smallest absolute Gasteiger partial charge is 0.101 e. The van der Waals surface area contributed by atoms with Gasteiger partial charge in [-0.3, -0.25) is 0 Å². The molecule has 0 unspecified atom stereocenters. The average molecular weight is 207 g/mol. The van der Waals surface area contributed by atoms with E-state index in [-0.39, 0.29) is 0 Å². The Bertz CT molecular complexity index is 548. The van der Waals surface area contributed by atoms with Gasteiger partial charge in [0, 0.05) is 0 Å². The molecule has 0 aliphatic heterocycles. The predicted molar refractivity (Wildman–Crippen MR) is 57.0 cm³/mol. The van der Waals surface area contributed by atoms with Crippen LogP contribution in [0.2, 0.25) is 0 Å². The average Bonchev–Trinajstić information content (AvgIpc) is 3.12. The summed E-state index contributed by atoms with van der Waals surface area (Å²) in [4.78, 5) is 0. The van der Waals surface area contributed by atoms with Crippen LogP contribution in [0.1, 0.15) is 35.1 Å². The highest BCUT2D eigenvalue weighted by molar-refractivity contribution is 5.54. The number of rotatable bonds is 2. The van der Waals surface area contributed by atoms with Crippen molar-refractivity contribution in [3.8, 4) is 18.2 Å². The SMILES string of the molecule is N#Cc1cc(C#N)c(CC2CC2)cc1C#N. The Morgan fingerprint density at radius 3 is 2.00 bits per heavy atom. The Morgan fingerprint density at radius 1 is 0.938 bits per heavy atom. The van der Waals surface area contributed by atoms with Crippen molar-refractivity contribution in [2.45, 2.75) is 19.3 Å². The van der Waals surface area contributed by atoms with Crippen molar-refractivity contribution < 1.29 is 0 Å². The number of hydrogen-bond donors (Lipinski definition) is 0. The summed E-state index contributed by atoms with van der Waals surface area (Å²) in [5, 5.41) is 26.7. The molecule has 0 spiro atoms. The fourth-order valence-electron chi connectivity index (χ4n) is 1.74. The third-order valence-electron chi connectivity index (χ3n) is 2.81. The molecule has 1 aromatic rings. The molecule has 16 heavy (non-hydrogen) atoms. The summed E-state index contributed by atoms with van der Waals surface area (Å²) in [5.41, 5.74) is 2.10. The molecule has 0 saturated heterocycles. The van der Waals surface area contributed by atoms with E-state index in [1.807, 2.05) is 12.1 Å². The lowest BCUT2D eigenvalue weighted by molar-refractivity contribution is 0.829. The molecule has 1 aliphatic rings. The second-order valence-electron chi connectivity index (χ2n) is 4.04. The summed E-state index contributed by atoms with van der Waals surface area (Å²) in [7, 11) is 0. The minimum Gasteiger partial charge on any atom is -0.192 e. The zero-order chi connectivity index (χ0) is 11.5. The van der Waals surface area contributed by atoms with Crippen molar-refractivity contribution in [2.24, 2.45) is 5.92 Å². The van der Waals surface area contributed by atoms with Crippen LogP contribution in [0.5, 0.6) is 0 Å². The number of hydrogen-bond acceptors (Lipinski definition) is 3. The van der Waals surface area contributed by atoms with Crippen molar-refractivity contribution in [3.63, 3.8) is 0 Å². The molecule has 3 heteroatoms. The minimum absolute atomic E-state index is 0.290. The summed E-state index contributed by atoms with van der Waals surface area (Å²) in [5.74, 6) is 0.659. The topological polar surface area (TPSA) is 71.4 Å². The molecule has 1 saturated carbocycles. The lowest BCUT2D eigenvalue weighted by atomic mass is 9.96. The maximum Gasteiger partial charge on any atom is 0.101 e. The molecule has 2 rings (SSSR count). The molecular weight excluding hydrogens is 198 g/mol. The van der Waals surface area contributed by atoms with Gasteiger partial charge in [-0.2, -0.15) is 15.8 Å². The molecule has 0 atom stereocenters. The minimum atomic E-state index is 0.290. The second-order valence-corrected chi connectivity index (χ2v) is 4.04. The van der Waals surface area contributed by atoms with Crippen LogP contribution in [0, 0.1) is 39.9 Å². The summed E-state index contributed by atoms with van der Waals surface area (Å²) in [6, 6.07) is 9.25. The first-order valence-corrected chi connectivity index (χ1v) is 5.15. The van der Waals surface area contributed by atoms with E-state index >= 15 is 0 Å². The second kappa shape index (κ2) is 4.05. The van der Waals surface area contributed by atoms with E-state index in [0.29, 0.717) is 22.6 Å². The summed E-state index contributed by atoms with van der Waals surface area (Å²) >= 11 is 0.